The van der Waals surface area contributed by atoms with Crippen LogP contribution < -0.4 is 5.73 Å². The second kappa shape index (κ2) is 6.07. The van der Waals surface area contributed by atoms with Crippen molar-refractivity contribution < 1.29 is 4.74 Å². The highest BCUT2D eigenvalue weighted by molar-refractivity contribution is 5.04. The van der Waals surface area contributed by atoms with Crippen LogP contribution in [-0.2, 0) is 17.6 Å². The van der Waals surface area contributed by atoms with Gasteiger partial charge in [0, 0.05) is 37.4 Å². The first-order chi connectivity index (χ1) is 8.24. The lowest BCUT2D eigenvalue weighted by atomic mass is 10.1. The summed E-state index contributed by atoms with van der Waals surface area (Å²) in [5.74, 6) is 0.884. The van der Waals surface area contributed by atoms with Crippen molar-refractivity contribution >= 4 is 0 Å². The normalized spacial score (nSPS) is 22.4. The molecule has 94 valence electrons. The fourth-order valence-electron chi connectivity index (χ4n) is 2.16. The molecule has 2 unspecified atom stereocenters. The van der Waals surface area contributed by atoms with Gasteiger partial charge < -0.3 is 10.5 Å². The van der Waals surface area contributed by atoms with Gasteiger partial charge in [0.1, 0.15) is 5.82 Å². The standard InChI is InChI=1S/C13H21N3O/c1-10(14)8-11-5-6-15-13(16-11)9-12-4-2-3-7-17-12/h5-6,10,12H,2-4,7-9,14H2,1H3. The summed E-state index contributed by atoms with van der Waals surface area (Å²) in [5, 5.41) is 0. The van der Waals surface area contributed by atoms with Crippen molar-refractivity contribution in [2.45, 2.75) is 51.2 Å². The van der Waals surface area contributed by atoms with E-state index in [0.29, 0.717) is 6.10 Å². The van der Waals surface area contributed by atoms with Gasteiger partial charge in [0.25, 0.3) is 0 Å². The predicted octanol–water partition coefficient (Wildman–Crippen LogP) is 1.48. The van der Waals surface area contributed by atoms with Gasteiger partial charge in [-0.15, -0.1) is 0 Å². The molecule has 4 heteroatoms. The van der Waals surface area contributed by atoms with E-state index in [2.05, 4.69) is 9.97 Å². The Labute approximate surface area is 103 Å². The Morgan fingerprint density at radius 1 is 1.53 bits per heavy atom. The van der Waals surface area contributed by atoms with Gasteiger partial charge in [0.15, 0.2) is 0 Å². The van der Waals surface area contributed by atoms with Gasteiger partial charge in [-0.3, -0.25) is 0 Å². The van der Waals surface area contributed by atoms with Crippen LogP contribution in [0.25, 0.3) is 0 Å². The predicted molar refractivity (Wildman–Crippen MR) is 66.7 cm³/mol. The first kappa shape index (κ1) is 12.5. The fraction of sp³-hybridized carbons (Fsp3) is 0.692. The van der Waals surface area contributed by atoms with E-state index in [4.69, 9.17) is 10.5 Å². The molecular weight excluding hydrogens is 214 g/mol. The summed E-state index contributed by atoms with van der Waals surface area (Å²) in [6.45, 7) is 2.87. The Kier molecular flexibility index (Phi) is 4.45. The summed E-state index contributed by atoms with van der Waals surface area (Å²) in [6.07, 6.45) is 7.32. The summed E-state index contributed by atoms with van der Waals surface area (Å²) >= 11 is 0. The van der Waals surface area contributed by atoms with Gasteiger partial charge in [-0.1, -0.05) is 0 Å². The molecule has 2 rings (SSSR count). The number of nitrogens with two attached hydrogens (primary N) is 1. The Morgan fingerprint density at radius 3 is 3.12 bits per heavy atom. The van der Waals surface area contributed by atoms with Crippen molar-refractivity contribution in [3.8, 4) is 0 Å². The number of hydrogen-bond donors (Lipinski definition) is 1. The average Bonchev–Trinajstić information content (AvgIpc) is 2.30. The highest BCUT2D eigenvalue weighted by Crippen LogP contribution is 2.15. The fourth-order valence-corrected chi connectivity index (χ4v) is 2.16. The highest BCUT2D eigenvalue weighted by atomic mass is 16.5. The Morgan fingerprint density at radius 2 is 2.41 bits per heavy atom. The van der Waals surface area contributed by atoms with Gasteiger partial charge in [0.2, 0.25) is 0 Å². The third-order valence-corrected chi connectivity index (χ3v) is 2.98. The number of aromatic nitrogens is 2. The minimum absolute atomic E-state index is 0.142. The molecule has 1 aromatic heterocycles. The van der Waals surface area contributed by atoms with Crippen LogP contribution in [0, 0.1) is 0 Å². The largest absolute Gasteiger partial charge is 0.378 e. The molecule has 1 saturated heterocycles. The van der Waals surface area contributed by atoms with E-state index < -0.39 is 0 Å². The molecule has 4 nitrogen and oxygen atoms in total. The van der Waals surface area contributed by atoms with Crippen molar-refractivity contribution in [1.29, 1.82) is 0 Å². The average molecular weight is 235 g/mol. The van der Waals surface area contributed by atoms with Gasteiger partial charge in [-0.05, 0) is 32.3 Å². The molecule has 2 heterocycles. The van der Waals surface area contributed by atoms with E-state index in [0.717, 1.165) is 37.4 Å². The zero-order chi connectivity index (χ0) is 12.1. The Balaban J connectivity index is 1.95. The van der Waals surface area contributed by atoms with Crippen molar-refractivity contribution in [3.05, 3.63) is 23.8 Å². The molecular formula is C13H21N3O. The molecule has 2 atom stereocenters. The molecule has 0 spiro atoms. The minimum atomic E-state index is 0.142. The molecule has 2 N–H and O–H groups in total. The second-order valence-corrected chi connectivity index (χ2v) is 4.84. The number of ether oxygens (including phenoxy) is 1. The summed E-state index contributed by atoms with van der Waals surface area (Å²) in [5.41, 5.74) is 6.80. The first-order valence-corrected chi connectivity index (χ1v) is 6.42. The molecule has 0 saturated carbocycles. The van der Waals surface area contributed by atoms with Gasteiger partial charge in [-0.2, -0.15) is 0 Å². The van der Waals surface area contributed by atoms with Crippen LogP contribution in [0.15, 0.2) is 12.3 Å². The van der Waals surface area contributed by atoms with Crippen molar-refractivity contribution in [1.82, 2.24) is 9.97 Å². The van der Waals surface area contributed by atoms with Crippen LogP contribution in [0.2, 0.25) is 0 Å². The van der Waals surface area contributed by atoms with E-state index in [-0.39, 0.29) is 6.04 Å². The van der Waals surface area contributed by atoms with Crippen molar-refractivity contribution in [2.24, 2.45) is 5.73 Å². The van der Waals surface area contributed by atoms with Gasteiger partial charge >= 0.3 is 0 Å². The van der Waals surface area contributed by atoms with E-state index in [1.54, 1.807) is 0 Å². The molecule has 1 aromatic rings. The molecule has 0 radical (unpaired) electrons. The van der Waals surface area contributed by atoms with Crippen molar-refractivity contribution in [3.63, 3.8) is 0 Å². The number of rotatable bonds is 4. The zero-order valence-corrected chi connectivity index (χ0v) is 10.4. The quantitative estimate of drug-likeness (QED) is 0.858. The highest BCUT2D eigenvalue weighted by Gasteiger charge is 2.15. The molecule has 0 aromatic carbocycles. The van der Waals surface area contributed by atoms with E-state index >= 15 is 0 Å². The number of nitrogens with zero attached hydrogens (tertiary/aromatic N) is 2. The van der Waals surface area contributed by atoms with Crippen LogP contribution in [0.4, 0.5) is 0 Å². The summed E-state index contributed by atoms with van der Waals surface area (Å²) in [7, 11) is 0. The van der Waals surface area contributed by atoms with Crippen LogP contribution in [-0.4, -0.2) is 28.7 Å². The molecule has 0 aliphatic carbocycles. The zero-order valence-electron chi connectivity index (χ0n) is 10.4. The van der Waals surface area contributed by atoms with Crippen molar-refractivity contribution in [2.75, 3.05) is 6.61 Å². The first-order valence-electron chi connectivity index (χ1n) is 6.42. The summed E-state index contributed by atoms with van der Waals surface area (Å²) in [6, 6.07) is 2.08. The molecule has 1 aliphatic heterocycles. The lowest BCUT2D eigenvalue weighted by Gasteiger charge is -2.21. The molecule has 0 bridgehead atoms. The second-order valence-electron chi connectivity index (χ2n) is 4.84. The van der Waals surface area contributed by atoms with E-state index in [1.807, 2.05) is 19.2 Å². The van der Waals surface area contributed by atoms with Crippen LogP contribution in [0.5, 0.6) is 0 Å². The topological polar surface area (TPSA) is 61.0 Å². The Bertz CT molecular complexity index is 348. The maximum Gasteiger partial charge on any atom is 0.131 e. The van der Waals surface area contributed by atoms with E-state index in [9.17, 15) is 0 Å². The Hall–Kier alpha value is -1.00. The maximum atomic E-state index is 5.77. The van der Waals surface area contributed by atoms with Gasteiger partial charge in [-0.25, -0.2) is 9.97 Å². The third-order valence-electron chi connectivity index (χ3n) is 2.98. The van der Waals surface area contributed by atoms with Crippen LogP contribution >= 0.6 is 0 Å². The smallest absolute Gasteiger partial charge is 0.131 e. The van der Waals surface area contributed by atoms with Crippen LogP contribution in [0.1, 0.15) is 37.7 Å². The monoisotopic (exact) mass is 235 g/mol. The third kappa shape index (κ3) is 4.06. The van der Waals surface area contributed by atoms with Crippen LogP contribution in [0.3, 0.4) is 0 Å². The number of hydrogen-bond acceptors (Lipinski definition) is 4. The summed E-state index contributed by atoms with van der Waals surface area (Å²) in [4.78, 5) is 8.84. The van der Waals surface area contributed by atoms with Gasteiger partial charge in [0.05, 0.1) is 6.10 Å². The molecule has 1 fully saturated rings. The maximum absolute atomic E-state index is 5.77. The SMILES string of the molecule is CC(N)Cc1ccnc(CC2CCCCO2)n1. The molecule has 0 amide bonds. The van der Waals surface area contributed by atoms with E-state index in [1.165, 1.54) is 12.8 Å². The molecule has 17 heavy (non-hydrogen) atoms. The lowest BCUT2D eigenvalue weighted by molar-refractivity contribution is 0.0156. The lowest BCUT2D eigenvalue weighted by Crippen LogP contribution is -2.23. The minimum Gasteiger partial charge on any atom is -0.378 e. The molecule has 1 aliphatic rings. The summed E-state index contributed by atoms with van der Waals surface area (Å²) < 4.78 is 5.70.